The summed E-state index contributed by atoms with van der Waals surface area (Å²) in [6, 6.07) is 9.55. The average molecular weight is 254 g/mol. The summed E-state index contributed by atoms with van der Waals surface area (Å²) < 4.78 is 6.93. The molecule has 0 aliphatic carbocycles. The van der Waals surface area contributed by atoms with E-state index in [1.165, 1.54) is 0 Å². The molecule has 0 fully saturated rings. The molecule has 0 aliphatic rings. The number of hydrogen-bond donors (Lipinski definition) is 1. The van der Waals surface area contributed by atoms with Gasteiger partial charge in [0, 0.05) is 17.5 Å². The van der Waals surface area contributed by atoms with Crippen molar-refractivity contribution in [1.29, 1.82) is 0 Å². The fourth-order valence-corrected chi connectivity index (χ4v) is 2.00. The smallest absolute Gasteiger partial charge is 0.236 e. The predicted octanol–water partition coefficient (Wildman–Crippen LogP) is 2.30. The molecule has 2 heterocycles. The van der Waals surface area contributed by atoms with Crippen molar-refractivity contribution in [2.45, 2.75) is 6.92 Å². The van der Waals surface area contributed by atoms with Gasteiger partial charge < -0.3 is 10.5 Å². The van der Waals surface area contributed by atoms with E-state index < -0.39 is 0 Å². The Morgan fingerprint density at radius 2 is 1.84 bits per heavy atom. The SMILES string of the molecule is COc1ccc(-c2nc3nc(C)ccn3c2N)cc1. The van der Waals surface area contributed by atoms with Crippen LogP contribution in [0.2, 0.25) is 0 Å². The standard InChI is InChI=1S/C14H14N4O/c1-9-7-8-18-13(15)12(17-14(18)16-9)10-3-5-11(19-2)6-4-10/h3-8H,15H2,1-2H3. The molecule has 0 atom stereocenters. The quantitative estimate of drug-likeness (QED) is 0.762. The molecule has 5 nitrogen and oxygen atoms in total. The molecule has 0 radical (unpaired) electrons. The molecule has 0 saturated heterocycles. The van der Waals surface area contributed by atoms with Crippen LogP contribution in [0.3, 0.4) is 0 Å². The maximum atomic E-state index is 6.12. The number of aromatic nitrogens is 3. The van der Waals surface area contributed by atoms with Gasteiger partial charge in [0.1, 0.15) is 17.3 Å². The van der Waals surface area contributed by atoms with Gasteiger partial charge in [0.15, 0.2) is 0 Å². The minimum atomic E-state index is 0.590. The lowest BCUT2D eigenvalue weighted by Crippen LogP contribution is -1.95. The number of nitrogens with zero attached hydrogens (tertiary/aromatic N) is 3. The molecule has 2 N–H and O–H groups in total. The van der Waals surface area contributed by atoms with Crippen LogP contribution in [-0.2, 0) is 0 Å². The number of aryl methyl sites for hydroxylation is 1. The summed E-state index contributed by atoms with van der Waals surface area (Å²) in [6.45, 7) is 1.93. The number of hydrogen-bond acceptors (Lipinski definition) is 4. The van der Waals surface area contributed by atoms with E-state index in [4.69, 9.17) is 10.5 Å². The highest BCUT2D eigenvalue weighted by Gasteiger charge is 2.12. The van der Waals surface area contributed by atoms with E-state index in [0.29, 0.717) is 11.6 Å². The zero-order valence-electron chi connectivity index (χ0n) is 10.8. The Balaban J connectivity index is 2.15. The number of benzene rings is 1. The number of rotatable bonds is 2. The number of imidazole rings is 1. The number of ether oxygens (including phenoxy) is 1. The minimum absolute atomic E-state index is 0.590. The van der Waals surface area contributed by atoms with Crippen LogP contribution in [-0.4, -0.2) is 21.5 Å². The van der Waals surface area contributed by atoms with Crippen molar-refractivity contribution >= 4 is 11.6 Å². The summed E-state index contributed by atoms with van der Waals surface area (Å²) in [4.78, 5) is 8.85. The molecular formula is C14H14N4O. The van der Waals surface area contributed by atoms with Gasteiger partial charge in [-0.2, -0.15) is 0 Å². The lowest BCUT2D eigenvalue weighted by atomic mass is 10.1. The fourth-order valence-electron chi connectivity index (χ4n) is 2.00. The number of anilines is 1. The van der Waals surface area contributed by atoms with Crippen molar-refractivity contribution in [2.75, 3.05) is 12.8 Å². The second-order valence-electron chi connectivity index (χ2n) is 4.31. The van der Waals surface area contributed by atoms with E-state index in [9.17, 15) is 0 Å². The lowest BCUT2D eigenvalue weighted by Gasteiger charge is -2.01. The maximum Gasteiger partial charge on any atom is 0.236 e. The number of nitrogens with two attached hydrogens (primary N) is 1. The van der Waals surface area contributed by atoms with Gasteiger partial charge in [-0.1, -0.05) is 0 Å². The first-order chi connectivity index (χ1) is 9.19. The molecule has 3 rings (SSSR count). The first kappa shape index (κ1) is 11.5. The largest absolute Gasteiger partial charge is 0.497 e. The van der Waals surface area contributed by atoms with Crippen LogP contribution < -0.4 is 10.5 Å². The van der Waals surface area contributed by atoms with Crippen molar-refractivity contribution in [2.24, 2.45) is 0 Å². The molecular weight excluding hydrogens is 240 g/mol. The Hall–Kier alpha value is -2.56. The molecule has 0 amide bonds. The van der Waals surface area contributed by atoms with Crippen molar-refractivity contribution in [1.82, 2.24) is 14.4 Å². The van der Waals surface area contributed by atoms with Crippen molar-refractivity contribution in [3.63, 3.8) is 0 Å². The van der Waals surface area contributed by atoms with Gasteiger partial charge in [0.25, 0.3) is 0 Å². The van der Waals surface area contributed by atoms with Crippen molar-refractivity contribution in [3.8, 4) is 17.0 Å². The summed E-state index contributed by atoms with van der Waals surface area (Å²) in [6.07, 6.45) is 1.88. The Kier molecular flexibility index (Phi) is 2.59. The van der Waals surface area contributed by atoms with Gasteiger partial charge in [-0.3, -0.25) is 4.40 Å². The van der Waals surface area contributed by atoms with Crippen LogP contribution >= 0.6 is 0 Å². The molecule has 0 unspecified atom stereocenters. The zero-order chi connectivity index (χ0) is 13.4. The second-order valence-corrected chi connectivity index (χ2v) is 4.31. The van der Waals surface area contributed by atoms with E-state index in [1.54, 1.807) is 11.5 Å². The summed E-state index contributed by atoms with van der Waals surface area (Å²) in [7, 11) is 1.64. The van der Waals surface area contributed by atoms with Crippen LogP contribution in [0.5, 0.6) is 5.75 Å². The highest BCUT2D eigenvalue weighted by Crippen LogP contribution is 2.27. The van der Waals surface area contributed by atoms with E-state index in [2.05, 4.69) is 9.97 Å². The first-order valence-corrected chi connectivity index (χ1v) is 5.94. The summed E-state index contributed by atoms with van der Waals surface area (Å²) in [5.41, 5.74) is 8.72. The summed E-state index contributed by atoms with van der Waals surface area (Å²) in [5, 5.41) is 0. The summed E-state index contributed by atoms with van der Waals surface area (Å²) in [5.74, 6) is 2.01. The van der Waals surface area contributed by atoms with Crippen LogP contribution in [0.15, 0.2) is 36.5 Å². The number of fused-ring (bicyclic) bond motifs is 1. The third kappa shape index (κ3) is 1.89. The Bertz CT molecular complexity index is 731. The molecule has 3 aromatic rings. The maximum absolute atomic E-state index is 6.12. The topological polar surface area (TPSA) is 65.4 Å². The second kappa shape index (κ2) is 4.28. The Labute approximate surface area is 110 Å². The molecule has 19 heavy (non-hydrogen) atoms. The van der Waals surface area contributed by atoms with Crippen LogP contribution in [0, 0.1) is 6.92 Å². The molecule has 2 aromatic heterocycles. The van der Waals surface area contributed by atoms with Gasteiger partial charge in [-0.05, 0) is 37.3 Å². The highest BCUT2D eigenvalue weighted by molar-refractivity contribution is 5.74. The van der Waals surface area contributed by atoms with E-state index in [0.717, 1.165) is 22.7 Å². The number of methoxy groups -OCH3 is 1. The third-order valence-corrected chi connectivity index (χ3v) is 3.03. The fraction of sp³-hybridized carbons (Fsp3) is 0.143. The van der Waals surface area contributed by atoms with Crippen LogP contribution in [0.1, 0.15) is 5.69 Å². The molecule has 0 spiro atoms. The first-order valence-electron chi connectivity index (χ1n) is 5.94. The van der Waals surface area contributed by atoms with E-state index in [-0.39, 0.29) is 0 Å². The molecule has 1 aromatic carbocycles. The average Bonchev–Trinajstić information content (AvgIpc) is 2.75. The third-order valence-electron chi connectivity index (χ3n) is 3.03. The van der Waals surface area contributed by atoms with Gasteiger partial charge in [-0.15, -0.1) is 0 Å². The normalized spacial score (nSPS) is 10.8. The molecule has 5 heteroatoms. The molecule has 96 valence electrons. The van der Waals surface area contributed by atoms with Crippen LogP contribution in [0.25, 0.3) is 17.0 Å². The predicted molar refractivity (Wildman–Crippen MR) is 74.1 cm³/mol. The summed E-state index contributed by atoms with van der Waals surface area (Å²) >= 11 is 0. The van der Waals surface area contributed by atoms with Crippen LogP contribution in [0.4, 0.5) is 5.82 Å². The zero-order valence-corrected chi connectivity index (χ0v) is 10.8. The monoisotopic (exact) mass is 254 g/mol. The molecule has 0 bridgehead atoms. The molecule has 0 saturated carbocycles. The van der Waals surface area contributed by atoms with Gasteiger partial charge in [-0.25, -0.2) is 9.97 Å². The van der Waals surface area contributed by atoms with Gasteiger partial charge >= 0.3 is 0 Å². The number of nitrogen functional groups attached to an aromatic ring is 1. The van der Waals surface area contributed by atoms with E-state index >= 15 is 0 Å². The van der Waals surface area contributed by atoms with Gasteiger partial charge in [0.2, 0.25) is 5.78 Å². The van der Waals surface area contributed by atoms with E-state index in [1.807, 2.05) is 43.5 Å². The molecule has 0 aliphatic heterocycles. The Morgan fingerprint density at radius 3 is 2.53 bits per heavy atom. The van der Waals surface area contributed by atoms with Gasteiger partial charge in [0.05, 0.1) is 7.11 Å². The minimum Gasteiger partial charge on any atom is -0.497 e. The van der Waals surface area contributed by atoms with Crippen molar-refractivity contribution in [3.05, 3.63) is 42.2 Å². The Morgan fingerprint density at radius 1 is 1.11 bits per heavy atom. The highest BCUT2D eigenvalue weighted by atomic mass is 16.5. The lowest BCUT2D eigenvalue weighted by molar-refractivity contribution is 0.415. The van der Waals surface area contributed by atoms with Crippen molar-refractivity contribution < 1.29 is 4.74 Å².